The third-order valence-electron chi connectivity index (χ3n) is 3.62. The van der Waals surface area contributed by atoms with Gasteiger partial charge in [-0.2, -0.15) is 0 Å². The maximum absolute atomic E-state index is 11.8. The van der Waals surface area contributed by atoms with Gasteiger partial charge < -0.3 is 15.2 Å². The monoisotopic (exact) mass is 292 g/mol. The van der Waals surface area contributed by atoms with Crippen LogP contribution in [0.3, 0.4) is 0 Å². The Labute approximate surface area is 126 Å². The van der Waals surface area contributed by atoms with E-state index in [0.717, 1.165) is 16.5 Å². The van der Waals surface area contributed by atoms with Gasteiger partial charge in [-0.3, -0.25) is 4.79 Å². The molecule has 0 saturated heterocycles. The van der Waals surface area contributed by atoms with E-state index in [4.69, 9.17) is 15.2 Å². The first kappa shape index (κ1) is 12.6. The molecule has 3 aromatic rings. The minimum Gasteiger partial charge on any atom is -0.454 e. The van der Waals surface area contributed by atoms with Crippen molar-refractivity contribution in [2.75, 3.05) is 6.79 Å². The highest BCUT2D eigenvalue weighted by Crippen LogP contribution is 2.37. The largest absolute Gasteiger partial charge is 0.454 e. The van der Waals surface area contributed by atoms with Gasteiger partial charge in [-0.25, -0.2) is 4.98 Å². The normalized spacial score (nSPS) is 12.5. The molecule has 0 unspecified atom stereocenters. The Morgan fingerprint density at radius 3 is 2.50 bits per heavy atom. The Kier molecular flexibility index (Phi) is 2.72. The predicted octanol–water partition coefficient (Wildman–Crippen LogP) is 2.73. The second-order valence-electron chi connectivity index (χ2n) is 5.01. The number of aromatic nitrogens is 1. The standard InChI is InChI=1S/C17H12N2O3/c18-17(20)12-6-11-7-14-15(22-9-21-14)8-13(11)19-16(12)10-4-2-1-3-5-10/h1-8H,9H2,(H2,18,20). The third-order valence-corrected chi connectivity index (χ3v) is 3.62. The van der Waals surface area contributed by atoms with Crippen molar-refractivity contribution in [3.05, 3.63) is 54.1 Å². The van der Waals surface area contributed by atoms with E-state index < -0.39 is 5.91 Å². The van der Waals surface area contributed by atoms with E-state index in [1.165, 1.54) is 0 Å². The average Bonchev–Trinajstić information content (AvgIpc) is 2.99. The molecule has 1 aliphatic heterocycles. The van der Waals surface area contributed by atoms with Crippen molar-refractivity contribution in [3.8, 4) is 22.8 Å². The van der Waals surface area contributed by atoms with E-state index in [1.54, 1.807) is 6.07 Å². The van der Waals surface area contributed by atoms with Gasteiger partial charge in [-0.1, -0.05) is 30.3 Å². The molecule has 1 amide bonds. The van der Waals surface area contributed by atoms with Crippen LogP contribution in [0.2, 0.25) is 0 Å². The summed E-state index contributed by atoms with van der Waals surface area (Å²) in [6.07, 6.45) is 0. The summed E-state index contributed by atoms with van der Waals surface area (Å²) in [6.45, 7) is 0.194. The molecular weight excluding hydrogens is 280 g/mol. The van der Waals surface area contributed by atoms with Crippen LogP contribution in [-0.2, 0) is 0 Å². The van der Waals surface area contributed by atoms with Crippen molar-refractivity contribution in [3.63, 3.8) is 0 Å². The van der Waals surface area contributed by atoms with E-state index in [2.05, 4.69) is 4.98 Å². The number of carbonyl (C=O) groups excluding carboxylic acids is 1. The fraction of sp³-hybridized carbons (Fsp3) is 0.0588. The predicted molar refractivity (Wildman–Crippen MR) is 81.8 cm³/mol. The van der Waals surface area contributed by atoms with Gasteiger partial charge in [0.15, 0.2) is 11.5 Å². The number of fused-ring (bicyclic) bond motifs is 2. The smallest absolute Gasteiger partial charge is 0.250 e. The molecule has 2 N–H and O–H groups in total. The molecule has 22 heavy (non-hydrogen) atoms. The third kappa shape index (κ3) is 1.95. The molecular formula is C17H12N2O3. The first-order chi connectivity index (χ1) is 10.7. The highest BCUT2D eigenvalue weighted by atomic mass is 16.7. The lowest BCUT2D eigenvalue weighted by atomic mass is 10.0. The Bertz CT molecular complexity index is 891. The zero-order valence-corrected chi connectivity index (χ0v) is 11.6. The molecule has 0 aliphatic carbocycles. The molecule has 1 aromatic heterocycles. The minimum absolute atomic E-state index is 0.194. The molecule has 0 spiro atoms. The van der Waals surface area contributed by atoms with E-state index in [1.807, 2.05) is 42.5 Å². The number of carbonyl (C=O) groups is 1. The van der Waals surface area contributed by atoms with Gasteiger partial charge in [0.1, 0.15) is 0 Å². The number of hydrogen-bond acceptors (Lipinski definition) is 4. The number of nitrogens with two attached hydrogens (primary N) is 1. The van der Waals surface area contributed by atoms with Crippen LogP contribution in [0.25, 0.3) is 22.2 Å². The molecule has 0 radical (unpaired) electrons. The molecule has 4 rings (SSSR count). The summed E-state index contributed by atoms with van der Waals surface area (Å²) >= 11 is 0. The number of primary amides is 1. The quantitative estimate of drug-likeness (QED) is 0.788. The molecule has 5 nitrogen and oxygen atoms in total. The fourth-order valence-electron chi connectivity index (χ4n) is 2.57. The molecule has 0 bridgehead atoms. The number of benzene rings is 2. The van der Waals surface area contributed by atoms with Crippen molar-refractivity contribution in [2.24, 2.45) is 5.73 Å². The molecule has 5 heteroatoms. The number of ether oxygens (including phenoxy) is 2. The van der Waals surface area contributed by atoms with E-state index in [0.29, 0.717) is 22.8 Å². The van der Waals surface area contributed by atoms with Gasteiger partial charge in [0, 0.05) is 17.0 Å². The molecule has 1 aliphatic rings. The fourth-order valence-corrected chi connectivity index (χ4v) is 2.57. The maximum atomic E-state index is 11.8. The lowest BCUT2D eigenvalue weighted by molar-refractivity contribution is 0.100. The van der Waals surface area contributed by atoms with Crippen LogP contribution in [0.1, 0.15) is 10.4 Å². The summed E-state index contributed by atoms with van der Waals surface area (Å²) in [6, 6.07) is 14.9. The van der Waals surface area contributed by atoms with Crippen LogP contribution in [0.5, 0.6) is 11.5 Å². The molecule has 108 valence electrons. The number of pyridine rings is 1. The van der Waals surface area contributed by atoms with Crippen LogP contribution >= 0.6 is 0 Å². The number of hydrogen-bond donors (Lipinski definition) is 1. The van der Waals surface area contributed by atoms with Crippen LogP contribution in [0.4, 0.5) is 0 Å². The van der Waals surface area contributed by atoms with Gasteiger partial charge in [-0.05, 0) is 12.1 Å². The Morgan fingerprint density at radius 2 is 1.77 bits per heavy atom. The zero-order valence-electron chi connectivity index (χ0n) is 11.6. The van der Waals surface area contributed by atoms with Crippen molar-refractivity contribution in [1.29, 1.82) is 0 Å². The topological polar surface area (TPSA) is 74.4 Å². The van der Waals surface area contributed by atoms with Crippen LogP contribution in [-0.4, -0.2) is 17.7 Å². The van der Waals surface area contributed by atoms with Crippen LogP contribution in [0.15, 0.2) is 48.5 Å². The van der Waals surface area contributed by atoms with E-state index in [9.17, 15) is 4.79 Å². The lowest BCUT2D eigenvalue weighted by Crippen LogP contribution is -2.13. The Morgan fingerprint density at radius 1 is 1.05 bits per heavy atom. The van der Waals surface area contributed by atoms with Crippen molar-refractivity contribution in [2.45, 2.75) is 0 Å². The molecule has 0 saturated carbocycles. The summed E-state index contributed by atoms with van der Waals surface area (Å²) in [5.74, 6) is 0.800. The Hall–Kier alpha value is -3.08. The zero-order chi connectivity index (χ0) is 15.1. The van der Waals surface area contributed by atoms with Gasteiger partial charge in [-0.15, -0.1) is 0 Å². The van der Waals surface area contributed by atoms with E-state index >= 15 is 0 Å². The second-order valence-corrected chi connectivity index (χ2v) is 5.01. The SMILES string of the molecule is NC(=O)c1cc2cc3c(cc2nc1-c1ccccc1)OCO3. The van der Waals surface area contributed by atoms with Gasteiger partial charge in [0.05, 0.1) is 16.8 Å². The first-order valence-electron chi connectivity index (χ1n) is 6.82. The van der Waals surface area contributed by atoms with Crippen molar-refractivity contribution < 1.29 is 14.3 Å². The summed E-state index contributed by atoms with van der Waals surface area (Å²) < 4.78 is 10.7. The average molecular weight is 292 g/mol. The summed E-state index contributed by atoms with van der Waals surface area (Å²) in [5.41, 5.74) is 8.05. The van der Waals surface area contributed by atoms with Crippen LogP contribution < -0.4 is 15.2 Å². The lowest BCUT2D eigenvalue weighted by Gasteiger charge is -2.09. The molecule has 2 aromatic carbocycles. The van der Waals surface area contributed by atoms with Gasteiger partial charge in [0.2, 0.25) is 6.79 Å². The number of nitrogens with zero attached hydrogens (tertiary/aromatic N) is 1. The van der Waals surface area contributed by atoms with Gasteiger partial charge >= 0.3 is 0 Å². The first-order valence-corrected chi connectivity index (χ1v) is 6.82. The minimum atomic E-state index is -0.508. The van der Waals surface area contributed by atoms with E-state index in [-0.39, 0.29) is 6.79 Å². The molecule has 0 atom stereocenters. The maximum Gasteiger partial charge on any atom is 0.250 e. The summed E-state index contributed by atoms with van der Waals surface area (Å²) in [7, 11) is 0. The van der Waals surface area contributed by atoms with Gasteiger partial charge in [0.25, 0.3) is 5.91 Å². The number of rotatable bonds is 2. The number of amides is 1. The van der Waals surface area contributed by atoms with Crippen LogP contribution in [0, 0.1) is 0 Å². The second kappa shape index (κ2) is 4.73. The summed E-state index contributed by atoms with van der Waals surface area (Å²) in [5, 5.41) is 0.790. The highest BCUT2D eigenvalue weighted by molar-refractivity contribution is 6.02. The van der Waals surface area contributed by atoms with Crippen molar-refractivity contribution in [1.82, 2.24) is 4.98 Å². The molecule has 2 heterocycles. The highest BCUT2D eigenvalue weighted by Gasteiger charge is 2.18. The Balaban J connectivity index is 2.01. The molecule has 0 fully saturated rings. The summed E-state index contributed by atoms with van der Waals surface area (Å²) in [4.78, 5) is 16.4. The van der Waals surface area contributed by atoms with Crippen molar-refractivity contribution >= 4 is 16.8 Å².